The van der Waals surface area contributed by atoms with Gasteiger partial charge in [0.2, 0.25) is 0 Å². The molecule has 0 saturated carbocycles. The molecule has 84 valence electrons. The molecule has 0 spiro atoms. The zero-order valence-electron chi connectivity index (χ0n) is 10.2. The number of allylic oxidation sites excluding steroid dienone is 6. The molecular formula is C14H23N. The molecule has 0 unspecified atom stereocenters. The van der Waals surface area contributed by atoms with Gasteiger partial charge >= 0.3 is 0 Å². The third-order valence-electron chi connectivity index (χ3n) is 1.61. The molecule has 0 radical (unpaired) electrons. The summed E-state index contributed by atoms with van der Waals surface area (Å²) in [4.78, 5) is 0. The maximum atomic E-state index is 5.39. The summed E-state index contributed by atoms with van der Waals surface area (Å²) < 4.78 is 0. The number of nitrogens with two attached hydrogens (primary N) is 1. The second kappa shape index (κ2) is 10.6. The van der Waals surface area contributed by atoms with Gasteiger partial charge in [0.15, 0.2) is 0 Å². The number of rotatable bonds is 5. The Balaban J connectivity index is 0. The quantitative estimate of drug-likeness (QED) is 0.671. The van der Waals surface area contributed by atoms with E-state index in [0.717, 1.165) is 17.6 Å². The van der Waals surface area contributed by atoms with E-state index < -0.39 is 0 Å². The van der Waals surface area contributed by atoms with Crippen LogP contribution < -0.4 is 5.73 Å². The van der Waals surface area contributed by atoms with Gasteiger partial charge < -0.3 is 5.73 Å². The van der Waals surface area contributed by atoms with Crippen molar-refractivity contribution in [1.82, 2.24) is 0 Å². The van der Waals surface area contributed by atoms with E-state index in [4.69, 9.17) is 5.73 Å². The maximum Gasteiger partial charge on any atom is 0.0241 e. The van der Waals surface area contributed by atoms with Crippen molar-refractivity contribution < 1.29 is 0 Å². The van der Waals surface area contributed by atoms with E-state index in [2.05, 4.69) is 26.7 Å². The lowest BCUT2D eigenvalue weighted by molar-refractivity contribution is 1.13. The van der Waals surface area contributed by atoms with Crippen LogP contribution in [0, 0.1) is 0 Å². The fraction of sp³-hybridized carbons (Fsp3) is 0.286. The summed E-state index contributed by atoms with van der Waals surface area (Å²) in [5.74, 6) is 0. The van der Waals surface area contributed by atoms with Crippen molar-refractivity contribution >= 4 is 0 Å². The van der Waals surface area contributed by atoms with Crippen LogP contribution >= 0.6 is 0 Å². The minimum Gasteiger partial charge on any atom is -0.399 e. The lowest BCUT2D eigenvalue weighted by Crippen LogP contribution is -1.89. The van der Waals surface area contributed by atoms with E-state index in [-0.39, 0.29) is 0 Å². The van der Waals surface area contributed by atoms with Gasteiger partial charge in [-0.15, -0.1) is 0 Å². The van der Waals surface area contributed by atoms with Crippen LogP contribution in [0.3, 0.4) is 0 Å². The van der Waals surface area contributed by atoms with Gasteiger partial charge in [-0.1, -0.05) is 58.7 Å². The highest BCUT2D eigenvalue weighted by Gasteiger charge is 1.94. The highest BCUT2D eigenvalue weighted by molar-refractivity contribution is 5.40. The number of hydrogen-bond donors (Lipinski definition) is 1. The Morgan fingerprint density at radius 3 is 2.07 bits per heavy atom. The summed E-state index contributed by atoms with van der Waals surface area (Å²) in [6.07, 6.45) is 8.25. The van der Waals surface area contributed by atoms with Crippen LogP contribution in [0.4, 0.5) is 0 Å². The molecule has 0 aromatic carbocycles. The molecule has 1 nitrogen and oxygen atoms in total. The van der Waals surface area contributed by atoms with Crippen LogP contribution in [0.25, 0.3) is 0 Å². The van der Waals surface area contributed by atoms with Gasteiger partial charge in [0, 0.05) is 5.70 Å². The first-order valence-electron chi connectivity index (χ1n) is 5.25. The fourth-order valence-corrected chi connectivity index (χ4v) is 0.909. The first-order chi connectivity index (χ1) is 7.11. The smallest absolute Gasteiger partial charge is 0.0241 e. The van der Waals surface area contributed by atoms with E-state index in [1.54, 1.807) is 12.2 Å². The van der Waals surface area contributed by atoms with Crippen molar-refractivity contribution in [3.05, 3.63) is 60.9 Å². The standard InChI is InChI=1S/C12H17N.C2H6/c1-5-7-12(6-2)10(3)8-9-11(4)13;1-2/h5,7-9H,1,3-4,6,13H2,2H3;1-2H3/b9-8-,12-7+;. The van der Waals surface area contributed by atoms with Gasteiger partial charge in [0.25, 0.3) is 0 Å². The average molecular weight is 205 g/mol. The highest BCUT2D eigenvalue weighted by Crippen LogP contribution is 2.13. The van der Waals surface area contributed by atoms with Crippen molar-refractivity contribution in [2.45, 2.75) is 27.2 Å². The lowest BCUT2D eigenvalue weighted by atomic mass is 10.0. The Labute approximate surface area is 94.4 Å². The maximum absolute atomic E-state index is 5.39. The van der Waals surface area contributed by atoms with Crippen LogP contribution in [0.15, 0.2) is 60.9 Å². The summed E-state index contributed by atoms with van der Waals surface area (Å²) in [5, 5.41) is 0. The molecule has 15 heavy (non-hydrogen) atoms. The third-order valence-corrected chi connectivity index (χ3v) is 1.61. The minimum absolute atomic E-state index is 0.537. The zero-order valence-corrected chi connectivity index (χ0v) is 10.2. The topological polar surface area (TPSA) is 26.0 Å². The Morgan fingerprint density at radius 2 is 1.73 bits per heavy atom. The Morgan fingerprint density at radius 1 is 1.20 bits per heavy atom. The zero-order chi connectivity index (χ0) is 12.3. The van der Waals surface area contributed by atoms with E-state index >= 15 is 0 Å². The van der Waals surface area contributed by atoms with Crippen molar-refractivity contribution in [3.63, 3.8) is 0 Å². The number of hydrogen-bond acceptors (Lipinski definition) is 1. The summed E-state index contributed by atoms with van der Waals surface area (Å²) >= 11 is 0. The molecule has 0 aliphatic rings. The highest BCUT2D eigenvalue weighted by atomic mass is 14.5. The Hall–Kier alpha value is -1.50. The molecular weight excluding hydrogens is 182 g/mol. The monoisotopic (exact) mass is 205 g/mol. The molecule has 0 heterocycles. The normalized spacial score (nSPS) is 10.5. The molecule has 0 amide bonds. The van der Waals surface area contributed by atoms with Crippen LogP contribution in [-0.2, 0) is 0 Å². The fourth-order valence-electron chi connectivity index (χ4n) is 0.909. The van der Waals surface area contributed by atoms with Gasteiger partial charge in [0.1, 0.15) is 0 Å². The molecule has 0 atom stereocenters. The van der Waals surface area contributed by atoms with Crippen LogP contribution in [0.1, 0.15) is 27.2 Å². The predicted octanol–water partition coefficient (Wildman–Crippen LogP) is 4.12. The van der Waals surface area contributed by atoms with Crippen molar-refractivity contribution in [1.29, 1.82) is 0 Å². The largest absolute Gasteiger partial charge is 0.399 e. The molecule has 0 aliphatic carbocycles. The SMILES string of the molecule is C=C/C=C(\CC)C(=C)/C=C\C(=C)N.CC. The Bertz CT molecular complexity index is 267. The van der Waals surface area contributed by atoms with Crippen molar-refractivity contribution in [2.24, 2.45) is 5.73 Å². The van der Waals surface area contributed by atoms with Crippen molar-refractivity contribution in [3.8, 4) is 0 Å². The van der Waals surface area contributed by atoms with Gasteiger partial charge in [-0.2, -0.15) is 0 Å². The van der Waals surface area contributed by atoms with E-state index in [9.17, 15) is 0 Å². The molecule has 1 heteroatoms. The lowest BCUT2D eigenvalue weighted by Gasteiger charge is -2.02. The van der Waals surface area contributed by atoms with Gasteiger partial charge in [-0.25, -0.2) is 0 Å². The summed E-state index contributed by atoms with van der Waals surface area (Å²) in [6.45, 7) is 17.2. The van der Waals surface area contributed by atoms with Gasteiger partial charge in [-0.05, 0) is 23.6 Å². The van der Waals surface area contributed by atoms with E-state index in [0.29, 0.717) is 5.70 Å². The second-order valence-corrected chi connectivity index (χ2v) is 2.71. The predicted molar refractivity (Wildman–Crippen MR) is 71.5 cm³/mol. The Kier molecular flexibility index (Phi) is 11.2. The molecule has 0 aliphatic heterocycles. The molecule has 0 rings (SSSR count). The summed E-state index contributed by atoms with van der Waals surface area (Å²) in [7, 11) is 0. The van der Waals surface area contributed by atoms with Crippen LogP contribution in [-0.4, -0.2) is 0 Å². The molecule has 0 aromatic heterocycles. The first-order valence-corrected chi connectivity index (χ1v) is 5.25. The third kappa shape index (κ3) is 8.82. The van der Waals surface area contributed by atoms with E-state index in [1.165, 1.54) is 0 Å². The van der Waals surface area contributed by atoms with E-state index in [1.807, 2.05) is 26.0 Å². The molecule has 2 N–H and O–H groups in total. The molecule has 0 aromatic rings. The minimum atomic E-state index is 0.537. The molecule has 0 bridgehead atoms. The van der Waals surface area contributed by atoms with Crippen molar-refractivity contribution in [2.75, 3.05) is 0 Å². The summed E-state index contributed by atoms with van der Waals surface area (Å²) in [6, 6.07) is 0. The van der Waals surface area contributed by atoms with Gasteiger partial charge in [-0.3, -0.25) is 0 Å². The summed E-state index contributed by atoms with van der Waals surface area (Å²) in [5.41, 5.74) is 8.04. The molecule has 0 saturated heterocycles. The second-order valence-electron chi connectivity index (χ2n) is 2.71. The average Bonchev–Trinajstić information content (AvgIpc) is 2.25. The molecule has 0 fully saturated rings. The van der Waals surface area contributed by atoms with Gasteiger partial charge in [0.05, 0.1) is 0 Å². The first kappa shape index (κ1) is 15.9. The van der Waals surface area contributed by atoms with Crippen LogP contribution in [0.2, 0.25) is 0 Å². The van der Waals surface area contributed by atoms with Crippen LogP contribution in [0.5, 0.6) is 0 Å².